The summed E-state index contributed by atoms with van der Waals surface area (Å²) in [4.78, 5) is 0.163. The third kappa shape index (κ3) is 6.04. The molecule has 0 unspecified atom stereocenters. The summed E-state index contributed by atoms with van der Waals surface area (Å²) in [5, 5.41) is 0. The van der Waals surface area contributed by atoms with E-state index in [4.69, 9.17) is 14.0 Å². The van der Waals surface area contributed by atoms with E-state index in [0.29, 0.717) is 24.6 Å². The van der Waals surface area contributed by atoms with Crippen LogP contribution in [0, 0.1) is 5.92 Å². The van der Waals surface area contributed by atoms with Gasteiger partial charge in [-0.3, -0.25) is 0 Å². The van der Waals surface area contributed by atoms with Gasteiger partial charge >= 0.3 is 7.12 Å². The maximum Gasteiger partial charge on any atom is 0.496 e. The zero-order valence-corrected chi connectivity index (χ0v) is 20.1. The van der Waals surface area contributed by atoms with Crippen LogP contribution in [0.2, 0.25) is 0 Å². The van der Waals surface area contributed by atoms with Crippen LogP contribution in [0.25, 0.3) is 0 Å². The molecule has 1 aliphatic heterocycles. The molecule has 0 saturated carbocycles. The molecule has 1 aromatic rings. The second-order valence-corrected chi connectivity index (χ2v) is 11.9. The average molecular weight is 425 g/mol. The van der Waals surface area contributed by atoms with Crippen molar-refractivity contribution in [2.45, 2.75) is 90.6 Å². The number of rotatable bonds is 7. The Morgan fingerprint density at radius 3 is 2.14 bits per heavy atom. The fourth-order valence-electron chi connectivity index (χ4n) is 2.94. The standard InChI is InChI=1S/C21H36BNO5S/c1-15(2)13-26-14-16-10-11-17(22-27-20(6,7)21(8,9)28-22)18(12-16)29(24,25)23-19(3,4)5/h10-12,15,23H,13-14H2,1-9H3. The van der Waals surface area contributed by atoms with Gasteiger partial charge in [0, 0.05) is 17.6 Å². The topological polar surface area (TPSA) is 73.9 Å². The first-order valence-electron chi connectivity index (χ1n) is 10.1. The number of sulfonamides is 1. The Bertz CT molecular complexity index is 812. The molecule has 0 spiro atoms. The van der Waals surface area contributed by atoms with E-state index in [9.17, 15) is 8.42 Å². The van der Waals surface area contributed by atoms with Crippen LogP contribution < -0.4 is 10.2 Å². The number of ether oxygens (including phenoxy) is 1. The smallest absolute Gasteiger partial charge is 0.399 e. The molecule has 0 aromatic heterocycles. The second kappa shape index (κ2) is 8.31. The molecule has 2 rings (SSSR count). The van der Waals surface area contributed by atoms with E-state index >= 15 is 0 Å². The lowest BCUT2D eigenvalue weighted by Crippen LogP contribution is -2.45. The van der Waals surface area contributed by atoms with Crippen molar-refractivity contribution in [3.63, 3.8) is 0 Å². The minimum Gasteiger partial charge on any atom is -0.399 e. The number of hydrogen-bond donors (Lipinski definition) is 1. The van der Waals surface area contributed by atoms with Gasteiger partial charge in [0.15, 0.2) is 0 Å². The van der Waals surface area contributed by atoms with E-state index in [-0.39, 0.29) is 4.90 Å². The van der Waals surface area contributed by atoms with Gasteiger partial charge in [-0.05, 0) is 66.0 Å². The van der Waals surface area contributed by atoms with Gasteiger partial charge in [0.25, 0.3) is 0 Å². The van der Waals surface area contributed by atoms with Crippen LogP contribution in [0.15, 0.2) is 23.1 Å². The van der Waals surface area contributed by atoms with Crippen molar-refractivity contribution in [2.75, 3.05) is 6.61 Å². The molecule has 8 heteroatoms. The van der Waals surface area contributed by atoms with E-state index in [0.717, 1.165) is 5.56 Å². The van der Waals surface area contributed by atoms with Crippen LogP contribution >= 0.6 is 0 Å². The molecule has 1 aliphatic rings. The number of hydrogen-bond acceptors (Lipinski definition) is 5. The Morgan fingerprint density at radius 1 is 1.10 bits per heavy atom. The third-order valence-electron chi connectivity index (χ3n) is 5.04. The molecule has 164 valence electrons. The van der Waals surface area contributed by atoms with Gasteiger partial charge in [-0.1, -0.05) is 26.0 Å². The van der Waals surface area contributed by atoms with Crippen LogP contribution in [0.3, 0.4) is 0 Å². The van der Waals surface area contributed by atoms with Gasteiger partial charge in [-0.2, -0.15) is 0 Å². The SMILES string of the molecule is CC(C)COCc1ccc(B2OC(C)(C)C(C)(C)O2)c(S(=O)(=O)NC(C)(C)C)c1. The summed E-state index contributed by atoms with van der Waals surface area (Å²) in [5.74, 6) is 0.407. The molecule has 1 fully saturated rings. The highest BCUT2D eigenvalue weighted by atomic mass is 32.2. The van der Waals surface area contributed by atoms with Gasteiger partial charge in [-0.25, -0.2) is 13.1 Å². The van der Waals surface area contributed by atoms with Gasteiger partial charge in [0.1, 0.15) is 0 Å². The molecule has 0 atom stereocenters. The Morgan fingerprint density at radius 2 is 1.66 bits per heavy atom. The summed E-state index contributed by atoms with van der Waals surface area (Å²) in [7, 11) is -4.56. The fourth-order valence-corrected chi connectivity index (χ4v) is 4.63. The summed E-state index contributed by atoms with van der Waals surface area (Å²) in [5.41, 5.74) is -0.450. The van der Waals surface area contributed by atoms with E-state index in [2.05, 4.69) is 18.6 Å². The van der Waals surface area contributed by atoms with Crippen molar-refractivity contribution in [3.05, 3.63) is 23.8 Å². The van der Waals surface area contributed by atoms with Crippen LogP contribution in [-0.4, -0.2) is 38.9 Å². The summed E-state index contributed by atoms with van der Waals surface area (Å²) < 4.78 is 47.1. The molecule has 1 heterocycles. The Hall–Kier alpha value is -0.925. The highest BCUT2D eigenvalue weighted by Gasteiger charge is 2.52. The first-order chi connectivity index (χ1) is 13.0. The second-order valence-electron chi connectivity index (χ2n) is 10.2. The number of benzene rings is 1. The predicted octanol–water partition coefficient (Wildman–Crippen LogP) is 3.24. The molecule has 0 amide bonds. The number of nitrogens with one attached hydrogen (secondary N) is 1. The van der Waals surface area contributed by atoms with Gasteiger partial charge in [-0.15, -0.1) is 0 Å². The van der Waals surface area contributed by atoms with Crippen molar-refractivity contribution in [2.24, 2.45) is 5.92 Å². The highest BCUT2D eigenvalue weighted by molar-refractivity contribution is 7.89. The lowest BCUT2D eigenvalue weighted by Gasteiger charge is -2.32. The predicted molar refractivity (Wildman–Crippen MR) is 117 cm³/mol. The van der Waals surface area contributed by atoms with Crippen molar-refractivity contribution in [1.82, 2.24) is 4.72 Å². The molecule has 1 saturated heterocycles. The molecule has 6 nitrogen and oxygen atoms in total. The zero-order chi connectivity index (χ0) is 22.3. The van der Waals surface area contributed by atoms with E-state index in [1.807, 2.05) is 54.5 Å². The third-order valence-corrected chi connectivity index (χ3v) is 6.85. The summed E-state index contributed by atoms with van der Waals surface area (Å²) in [6.45, 7) is 18.3. The minimum absolute atomic E-state index is 0.163. The Labute approximate surface area is 176 Å². The van der Waals surface area contributed by atoms with Gasteiger partial charge < -0.3 is 14.0 Å². The van der Waals surface area contributed by atoms with Crippen LogP contribution in [-0.2, 0) is 30.7 Å². The Kier molecular flexibility index (Phi) is 6.97. The van der Waals surface area contributed by atoms with E-state index in [1.54, 1.807) is 12.1 Å². The lowest BCUT2D eigenvalue weighted by atomic mass is 9.78. The molecule has 1 aromatic carbocycles. The summed E-state index contributed by atoms with van der Waals surface area (Å²) in [6.07, 6.45) is 0. The van der Waals surface area contributed by atoms with E-state index in [1.165, 1.54) is 0 Å². The minimum atomic E-state index is -3.79. The zero-order valence-electron chi connectivity index (χ0n) is 19.3. The summed E-state index contributed by atoms with van der Waals surface area (Å²) >= 11 is 0. The molecule has 1 N–H and O–H groups in total. The largest absolute Gasteiger partial charge is 0.496 e. The normalized spacial score (nSPS) is 19.2. The van der Waals surface area contributed by atoms with Crippen molar-refractivity contribution >= 4 is 22.6 Å². The monoisotopic (exact) mass is 425 g/mol. The molecular weight excluding hydrogens is 389 g/mol. The van der Waals surface area contributed by atoms with Crippen LogP contribution in [0.1, 0.15) is 67.9 Å². The Balaban J connectivity index is 2.45. The summed E-state index contributed by atoms with van der Waals surface area (Å²) in [6, 6.07) is 5.30. The molecular formula is C21H36BNO5S. The maximum absolute atomic E-state index is 13.2. The average Bonchev–Trinajstić information content (AvgIpc) is 2.72. The first kappa shape index (κ1) is 24.3. The highest BCUT2D eigenvalue weighted by Crippen LogP contribution is 2.37. The molecule has 0 aliphatic carbocycles. The van der Waals surface area contributed by atoms with Crippen molar-refractivity contribution in [3.8, 4) is 0 Å². The maximum atomic E-state index is 13.2. The van der Waals surface area contributed by atoms with Crippen molar-refractivity contribution < 1.29 is 22.5 Å². The molecule has 29 heavy (non-hydrogen) atoms. The lowest BCUT2D eigenvalue weighted by molar-refractivity contribution is 0.00578. The van der Waals surface area contributed by atoms with E-state index < -0.39 is 33.9 Å². The van der Waals surface area contributed by atoms with Crippen LogP contribution in [0.4, 0.5) is 0 Å². The first-order valence-corrected chi connectivity index (χ1v) is 11.6. The van der Waals surface area contributed by atoms with Crippen LogP contribution in [0.5, 0.6) is 0 Å². The molecule has 0 bridgehead atoms. The molecule has 0 radical (unpaired) electrons. The fraction of sp³-hybridized carbons (Fsp3) is 0.714. The van der Waals surface area contributed by atoms with Gasteiger partial charge in [0.2, 0.25) is 10.0 Å². The van der Waals surface area contributed by atoms with Crippen molar-refractivity contribution in [1.29, 1.82) is 0 Å². The quantitative estimate of drug-likeness (QED) is 0.679. The van der Waals surface area contributed by atoms with Gasteiger partial charge in [0.05, 0.1) is 22.7 Å².